The second-order valence-corrected chi connectivity index (χ2v) is 8.05. The number of nitro groups is 1. The minimum Gasteiger partial charge on any atom is -0.481 e. The highest BCUT2D eigenvalue weighted by Gasteiger charge is 2.39. The van der Waals surface area contributed by atoms with E-state index in [2.05, 4.69) is 0 Å². The summed E-state index contributed by atoms with van der Waals surface area (Å²) in [6.07, 6.45) is 0.907. The molecule has 9 heteroatoms. The molecule has 0 aromatic heterocycles. The third-order valence-electron chi connectivity index (χ3n) is 4.66. The van der Waals surface area contributed by atoms with E-state index in [1.807, 2.05) is 0 Å². The number of piperidine rings is 1. The Morgan fingerprint density at radius 3 is 2.46 bits per heavy atom. The number of carboxylic acid groups (broad SMARTS) is 1. The molecule has 0 aliphatic carbocycles. The van der Waals surface area contributed by atoms with Crippen molar-refractivity contribution in [1.29, 1.82) is 0 Å². The fourth-order valence-corrected chi connectivity index (χ4v) is 3.97. The molecule has 2 N–H and O–H groups in total. The Labute approximate surface area is 155 Å². The Kier molecular flexibility index (Phi) is 5.77. The van der Waals surface area contributed by atoms with Crippen LogP contribution in [0.4, 0.5) is 15.8 Å². The van der Waals surface area contributed by atoms with Gasteiger partial charge in [0, 0.05) is 19.2 Å². The molecule has 0 atom stereocenters. The highest BCUT2D eigenvalue weighted by molar-refractivity contribution is 6.33. The predicted octanol–water partition coefficient (Wildman–Crippen LogP) is 3.61. The van der Waals surface area contributed by atoms with E-state index in [-0.39, 0.29) is 17.1 Å². The molecule has 144 valence electrons. The van der Waals surface area contributed by atoms with Gasteiger partial charge in [0.2, 0.25) is 0 Å². The van der Waals surface area contributed by atoms with Gasteiger partial charge in [0.1, 0.15) is 0 Å². The fraction of sp³-hybridized carbons (Fsp3) is 0.588. The van der Waals surface area contributed by atoms with Gasteiger partial charge >= 0.3 is 5.97 Å². The van der Waals surface area contributed by atoms with Gasteiger partial charge in [0.05, 0.1) is 33.7 Å². The Bertz CT molecular complexity index is 694. The third kappa shape index (κ3) is 4.82. The van der Waals surface area contributed by atoms with Crippen LogP contribution in [0.15, 0.2) is 12.1 Å². The molecule has 0 radical (unpaired) electrons. The number of hydrogen-bond acceptors (Lipinski definition) is 5. The summed E-state index contributed by atoms with van der Waals surface area (Å²) >= 11 is 6.03. The quantitative estimate of drug-likeness (QED) is 0.569. The summed E-state index contributed by atoms with van der Waals surface area (Å²) in [6.45, 7) is 4.21. The maximum atomic E-state index is 14.3. The Morgan fingerprint density at radius 1 is 1.42 bits per heavy atom. The second-order valence-electron chi connectivity index (χ2n) is 7.64. The number of nitro benzene ring substituents is 1. The highest BCUT2D eigenvalue weighted by atomic mass is 35.5. The van der Waals surface area contributed by atoms with Gasteiger partial charge in [-0.1, -0.05) is 25.4 Å². The molecule has 0 unspecified atom stereocenters. The number of carbonyl (C=O) groups is 1. The van der Waals surface area contributed by atoms with Gasteiger partial charge in [-0.05, 0) is 24.7 Å². The van der Waals surface area contributed by atoms with Gasteiger partial charge in [-0.15, -0.1) is 0 Å². The van der Waals surface area contributed by atoms with E-state index in [0.29, 0.717) is 32.4 Å². The lowest BCUT2D eigenvalue weighted by Crippen LogP contribution is -2.47. The van der Waals surface area contributed by atoms with E-state index in [9.17, 15) is 24.4 Å². The average Bonchev–Trinajstić information content (AvgIpc) is 2.46. The van der Waals surface area contributed by atoms with Crippen LogP contribution in [0.2, 0.25) is 5.02 Å². The number of hydrogen-bond donors (Lipinski definition) is 2. The normalized spacial score (nSPS) is 17.2. The number of benzene rings is 1. The molecule has 2 rings (SSSR count). The number of nitrogens with zero attached hydrogens (tertiary/aromatic N) is 2. The van der Waals surface area contributed by atoms with Crippen molar-refractivity contribution >= 4 is 28.9 Å². The van der Waals surface area contributed by atoms with Crippen LogP contribution in [0, 0.1) is 21.3 Å². The summed E-state index contributed by atoms with van der Waals surface area (Å²) in [6, 6.07) is 1.94. The van der Waals surface area contributed by atoms with E-state index < -0.39 is 33.4 Å². The van der Waals surface area contributed by atoms with Crippen molar-refractivity contribution in [3.05, 3.63) is 33.1 Å². The molecular formula is C17H22ClFN2O5. The summed E-state index contributed by atoms with van der Waals surface area (Å²) in [5.41, 5.74) is -1.94. The molecule has 1 aliphatic rings. The van der Waals surface area contributed by atoms with Crippen LogP contribution in [-0.4, -0.2) is 39.8 Å². The first-order valence-electron chi connectivity index (χ1n) is 8.25. The maximum Gasteiger partial charge on any atom is 0.303 e. The molecule has 0 amide bonds. The predicted molar refractivity (Wildman–Crippen MR) is 95.1 cm³/mol. The van der Waals surface area contributed by atoms with Crippen LogP contribution in [0.1, 0.15) is 39.5 Å². The minimum absolute atomic E-state index is 0.0478. The average molecular weight is 389 g/mol. The molecule has 1 aromatic carbocycles. The number of aliphatic carboxylic acids is 1. The summed E-state index contributed by atoms with van der Waals surface area (Å²) in [4.78, 5) is 22.7. The molecule has 0 bridgehead atoms. The Morgan fingerprint density at radius 2 is 2.00 bits per heavy atom. The van der Waals surface area contributed by atoms with Gasteiger partial charge < -0.3 is 15.1 Å². The third-order valence-corrected chi connectivity index (χ3v) is 4.95. The van der Waals surface area contributed by atoms with Crippen LogP contribution >= 0.6 is 11.6 Å². The van der Waals surface area contributed by atoms with E-state index in [0.717, 1.165) is 12.1 Å². The van der Waals surface area contributed by atoms with Crippen molar-refractivity contribution in [3.8, 4) is 0 Å². The number of non-ortho nitro benzene ring substituents is 1. The number of aliphatic hydroxyl groups is 1. The highest BCUT2D eigenvalue weighted by Crippen LogP contribution is 2.40. The lowest BCUT2D eigenvalue weighted by molar-refractivity contribution is -0.385. The zero-order valence-electron chi connectivity index (χ0n) is 14.7. The molecule has 1 aromatic rings. The van der Waals surface area contributed by atoms with Crippen LogP contribution in [0.25, 0.3) is 0 Å². The molecule has 0 spiro atoms. The van der Waals surface area contributed by atoms with Crippen LogP contribution < -0.4 is 4.90 Å². The molecule has 1 fully saturated rings. The van der Waals surface area contributed by atoms with Crippen molar-refractivity contribution in [2.24, 2.45) is 5.41 Å². The molecule has 0 saturated carbocycles. The van der Waals surface area contributed by atoms with Crippen molar-refractivity contribution in [1.82, 2.24) is 0 Å². The van der Waals surface area contributed by atoms with E-state index in [1.54, 1.807) is 18.7 Å². The SMILES string of the molecule is CC(C)(CC(=O)O)CC1(O)CCN(c2c(F)cc([N+](=O)[O-])cc2Cl)CC1. The van der Waals surface area contributed by atoms with E-state index in [1.165, 1.54) is 0 Å². The van der Waals surface area contributed by atoms with Crippen molar-refractivity contribution in [2.45, 2.75) is 45.1 Å². The second kappa shape index (κ2) is 7.36. The summed E-state index contributed by atoms with van der Waals surface area (Å²) < 4.78 is 14.3. The lowest BCUT2D eigenvalue weighted by Gasteiger charge is -2.43. The van der Waals surface area contributed by atoms with Crippen LogP contribution in [0.5, 0.6) is 0 Å². The van der Waals surface area contributed by atoms with E-state index in [4.69, 9.17) is 16.7 Å². The summed E-state index contributed by atoms with van der Waals surface area (Å²) in [7, 11) is 0. The fourth-order valence-electron chi connectivity index (χ4n) is 3.65. The summed E-state index contributed by atoms with van der Waals surface area (Å²) in [5, 5.41) is 30.5. The maximum absolute atomic E-state index is 14.3. The zero-order valence-corrected chi connectivity index (χ0v) is 15.4. The standard InChI is InChI=1S/C17H22ClFN2O5/c1-16(2,9-14(22)23)10-17(24)3-5-20(6-4-17)15-12(18)7-11(21(25)26)8-13(15)19/h7-8,24H,3-6,9-10H2,1-2H3,(H,22,23). The van der Waals surface area contributed by atoms with Crippen LogP contribution in [-0.2, 0) is 4.79 Å². The minimum atomic E-state index is -1.04. The number of halogens is 2. The molecule has 1 aliphatic heterocycles. The lowest BCUT2D eigenvalue weighted by atomic mass is 9.74. The summed E-state index contributed by atoms with van der Waals surface area (Å²) in [5.74, 6) is -1.70. The van der Waals surface area contributed by atoms with E-state index >= 15 is 0 Å². The molecular weight excluding hydrogens is 367 g/mol. The van der Waals surface area contributed by atoms with Gasteiger partial charge in [0.25, 0.3) is 5.69 Å². The molecule has 1 heterocycles. The van der Waals surface area contributed by atoms with Crippen molar-refractivity contribution < 1.29 is 24.3 Å². The monoisotopic (exact) mass is 388 g/mol. The van der Waals surface area contributed by atoms with Gasteiger partial charge in [-0.25, -0.2) is 4.39 Å². The van der Waals surface area contributed by atoms with Crippen LogP contribution in [0.3, 0.4) is 0 Å². The molecule has 1 saturated heterocycles. The number of rotatable bonds is 6. The first-order chi connectivity index (χ1) is 11.9. The first kappa shape index (κ1) is 20.4. The topological polar surface area (TPSA) is 104 Å². The molecule has 7 nitrogen and oxygen atoms in total. The van der Waals surface area contributed by atoms with Gasteiger partial charge in [0.15, 0.2) is 5.82 Å². The van der Waals surface area contributed by atoms with Gasteiger partial charge in [-0.2, -0.15) is 0 Å². The first-order valence-corrected chi connectivity index (χ1v) is 8.63. The number of carboxylic acids is 1. The molecule has 26 heavy (non-hydrogen) atoms. The zero-order chi connectivity index (χ0) is 19.7. The van der Waals surface area contributed by atoms with Gasteiger partial charge in [-0.3, -0.25) is 14.9 Å². The van der Waals surface area contributed by atoms with Crippen molar-refractivity contribution in [2.75, 3.05) is 18.0 Å². The number of anilines is 1. The Balaban J connectivity index is 2.11. The van der Waals surface area contributed by atoms with Crippen molar-refractivity contribution in [3.63, 3.8) is 0 Å². The largest absolute Gasteiger partial charge is 0.481 e. The smallest absolute Gasteiger partial charge is 0.303 e. The Hall–Kier alpha value is -1.93.